The van der Waals surface area contributed by atoms with Crippen LogP contribution < -0.4 is 10.2 Å². The van der Waals surface area contributed by atoms with E-state index in [1.807, 2.05) is 19.9 Å². The minimum atomic E-state index is 0.462. The van der Waals surface area contributed by atoms with Gasteiger partial charge >= 0.3 is 0 Å². The highest BCUT2D eigenvalue weighted by atomic mass is 15.2. The predicted molar refractivity (Wildman–Crippen MR) is 68.1 cm³/mol. The third-order valence-electron chi connectivity index (χ3n) is 3.13. The molecule has 0 unspecified atom stereocenters. The van der Waals surface area contributed by atoms with Crippen molar-refractivity contribution in [2.75, 3.05) is 24.5 Å². The lowest BCUT2D eigenvalue weighted by Crippen LogP contribution is -2.49. The number of rotatable bonds is 1. The zero-order chi connectivity index (χ0) is 12.4. The molecule has 4 heteroatoms. The molecule has 0 aromatic carbocycles. The molecule has 1 N–H and O–H groups in total. The third-order valence-corrected chi connectivity index (χ3v) is 3.13. The fourth-order valence-electron chi connectivity index (χ4n) is 2.35. The molecule has 0 bridgehead atoms. The molecular formula is C13H18N4. The van der Waals surface area contributed by atoms with Crippen LogP contribution in [0.2, 0.25) is 0 Å². The number of hydrogen-bond donors (Lipinski definition) is 1. The quantitative estimate of drug-likeness (QED) is 0.791. The Balaban J connectivity index is 2.40. The molecule has 1 atom stereocenters. The highest BCUT2D eigenvalue weighted by Crippen LogP contribution is 2.24. The van der Waals surface area contributed by atoms with Crippen molar-refractivity contribution in [3.63, 3.8) is 0 Å². The minimum Gasteiger partial charge on any atom is -0.368 e. The monoisotopic (exact) mass is 230 g/mol. The first kappa shape index (κ1) is 11.9. The van der Waals surface area contributed by atoms with Crippen molar-refractivity contribution in [3.8, 4) is 6.07 Å². The van der Waals surface area contributed by atoms with Crippen LogP contribution >= 0.6 is 0 Å². The summed E-state index contributed by atoms with van der Waals surface area (Å²) in [7, 11) is 0. The molecule has 90 valence electrons. The number of hydrogen-bond acceptors (Lipinski definition) is 4. The molecule has 0 radical (unpaired) electrons. The summed E-state index contributed by atoms with van der Waals surface area (Å²) in [5.41, 5.74) is 3.55. The van der Waals surface area contributed by atoms with Crippen molar-refractivity contribution >= 4 is 5.69 Å². The van der Waals surface area contributed by atoms with E-state index in [-0.39, 0.29) is 0 Å². The van der Waals surface area contributed by atoms with Crippen LogP contribution in [0.1, 0.15) is 23.9 Å². The smallest absolute Gasteiger partial charge is 0.103 e. The van der Waals surface area contributed by atoms with Crippen molar-refractivity contribution in [1.29, 1.82) is 5.26 Å². The Bertz CT molecular complexity index is 461. The van der Waals surface area contributed by atoms with Crippen molar-refractivity contribution in [1.82, 2.24) is 10.3 Å². The molecule has 0 amide bonds. The predicted octanol–water partition coefficient (Wildman–Crippen LogP) is 1.37. The maximum absolute atomic E-state index is 9.25. The molecule has 1 fully saturated rings. The van der Waals surface area contributed by atoms with E-state index in [2.05, 4.69) is 28.2 Å². The number of nitrogens with one attached hydrogen (secondary N) is 1. The van der Waals surface area contributed by atoms with E-state index in [4.69, 9.17) is 0 Å². The van der Waals surface area contributed by atoms with Gasteiger partial charge in [0.2, 0.25) is 0 Å². The number of anilines is 1. The van der Waals surface area contributed by atoms with Gasteiger partial charge in [-0.2, -0.15) is 5.26 Å². The van der Waals surface area contributed by atoms with Gasteiger partial charge in [-0.05, 0) is 26.8 Å². The molecule has 2 heterocycles. The third kappa shape index (κ3) is 2.40. The summed E-state index contributed by atoms with van der Waals surface area (Å²) < 4.78 is 0. The van der Waals surface area contributed by atoms with Crippen LogP contribution in [0.5, 0.6) is 0 Å². The molecule has 1 aliphatic rings. The van der Waals surface area contributed by atoms with Crippen LogP contribution in [-0.4, -0.2) is 30.7 Å². The molecule has 1 aliphatic heterocycles. The van der Waals surface area contributed by atoms with E-state index < -0.39 is 0 Å². The van der Waals surface area contributed by atoms with Crippen LogP contribution in [0.15, 0.2) is 6.07 Å². The van der Waals surface area contributed by atoms with Crippen molar-refractivity contribution in [2.45, 2.75) is 26.8 Å². The number of nitriles is 1. The average molecular weight is 230 g/mol. The molecule has 1 aromatic heterocycles. The highest BCUT2D eigenvalue weighted by Gasteiger charge is 2.20. The largest absolute Gasteiger partial charge is 0.368 e. The Labute approximate surface area is 102 Å². The summed E-state index contributed by atoms with van der Waals surface area (Å²) in [6.45, 7) is 8.90. The van der Waals surface area contributed by atoms with E-state index in [1.165, 1.54) is 0 Å². The summed E-state index contributed by atoms with van der Waals surface area (Å²) in [5, 5.41) is 12.7. The topological polar surface area (TPSA) is 52.0 Å². The molecule has 4 nitrogen and oxygen atoms in total. The second-order valence-corrected chi connectivity index (χ2v) is 4.66. The van der Waals surface area contributed by atoms with Gasteiger partial charge < -0.3 is 10.2 Å². The van der Waals surface area contributed by atoms with Crippen LogP contribution in [0, 0.1) is 25.2 Å². The van der Waals surface area contributed by atoms with Crippen molar-refractivity contribution in [2.24, 2.45) is 0 Å². The number of pyridine rings is 1. The van der Waals surface area contributed by atoms with Crippen LogP contribution in [0.3, 0.4) is 0 Å². The van der Waals surface area contributed by atoms with Gasteiger partial charge in [0.15, 0.2) is 0 Å². The van der Waals surface area contributed by atoms with Gasteiger partial charge in [0.25, 0.3) is 0 Å². The maximum Gasteiger partial charge on any atom is 0.103 e. The second kappa shape index (κ2) is 4.72. The molecule has 1 saturated heterocycles. The first-order valence-corrected chi connectivity index (χ1v) is 5.98. The first-order chi connectivity index (χ1) is 8.11. The first-order valence-electron chi connectivity index (χ1n) is 5.98. The number of aryl methyl sites for hydroxylation is 2. The Morgan fingerprint density at radius 1 is 1.53 bits per heavy atom. The maximum atomic E-state index is 9.25. The summed E-state index contributed by atoms with van der Waals surface area (Å²) >= 11 is 0. The zero-order valence-electron chi connectivity index (χ0n) is 10.6. The average Bonchev–Trinajstić information content (AvgIpc) is 2.28. The number of piperazine rings is 1. The molecule has 1 aromatic rings. The normalized spacial score (nSPS) is 20.1. The number of nitrogens with zero attached hydrogens (tertiary/aromatic N) is 3. The van der Waals surface area contributed by atoms with E-state index >= 15 is 0 Å². The van der Waals surface area contributed by atoms with Gasteiger partial charge in [0.1, 0.15) is 6.07 Å². The molecule has 0 aliphatic carbocycles. The summed E-state index contributed by atoms with van der Waals surface area (Å²) in [6, 6.07) is 4.76. The molecule has 0 spiro atoms. The summed E-state index contributed by atoms with van der Waals surface area (Å²) in [5.74, 6) is 0. The zero-order valence-corrected chi connectivity index (χ0v) is 10.6. The van der Waals surface area contributed by atoms with Crippen LogP contribution in [-0.2, 0) is 0 Å². The lowest BCUT2D eigenvalue weighted by Gasteiger charge is -2.34. The molecular weight excluding hydrogens is 212 g/mol. The van der Waals surface area contributed by atoms with Crippen LogP contribution in [0.4, 0.5) is 5.69 Å². The van der Waals surface area contributed by atoms with E-state index in [0.717, 1.165) is 36.7 Å². The van der Waals surface area contributed by atoms with Gasteiger partial charge in [0, 0.05) is 31.4 Å². The minimum absolute atomic E-state index is 0.462. The summed E-state index contributed by atoms with van der Waals surface area (Å²) in [4.78, 5) is 6.63. The van der Waals surface area contributed by atoms with E-state index in [1.54, 1.807) is 0 Å². The molecule has 17 heavy (non-hydrogen) atoms. The Kier molecular flexibility index (Phi) is 3.30. The van der Waals surface area contributed by atoms with Crippen molar-refractivity contribution < 1.29 is 0 Å². The van der Waals surface area contributed by atoms with E-state index in [9.17, 15) is 5.26 Å². The second-order valence-electron chi connectivity index (χ2n) is 4.66. The Morgan fingerprint density at radius 2 is 2.29 bits per heavy atom. The SMILES string of the molecule is Cc1cc(N2CCN[C@H](C)C2)c(C#N)c(C)n1. The standard InChI is InChI=1S/C13H18N4/c1-9-6-13(12(7-14)11(3)16-9)17-5-4-15-10(2)8-17/h6,10,15H,4-5,8H2,1-3H3/t10-/m1/s1. The highest BCUT2D eigenvalue weighted by molar-refractivity contribution is 5.62. The van der Waals surface area contributed by atoms with Crippen LogP contribution in [0.25, 0.3) is 0 Å². The Hall–Kier alpha value is -1.60. The number of aromatic nitrogens is 1. The molecule has 2 rings (SSSR count). The fraction of sp³-hybridized carbons (Fsp3) is 0.538. The lowest BCUT2D eigenvalue weighted by molar-refractivity contribution is 0.484. The fourth-order valence-corrected chi connectivity index (χ4v) is 2.35. The van der Waals surface area contributed by atoms with E-state index in [0.29, 0.717) is 11.6 Å². The summed E-state index contributed by atoms with van der Waals surface area (Å²) in [6.07, 6.45) is 0. The van der Waals surface area contributed by atoms with Gasteiger partial charge in [-0.1, -0.05) is 0 Å². The Morgan fingerprint density at radius 3 is 2.94 bits per heavy atom. The van der Waals surface area contributed by atoms with Gasteiger partial charge in [0.05, 0.1) is 16.9 Å². The van der Waals surface area contributed by atoms with Gasteiger partial charge in [-0.15, -0.1) is 0 Å². The lowest BCUT2D eigenvalue weighted by atomic mass is 10.1. The van der Waals surface area contributed by atoms with Crippen molar-refractivity contribution in [3.05, 3.63) is 23.0 Å². The molecule has 0 saturated carbocycles. The van der Waals surface area contributed by atoms with Gasteiger partial charge in [-0.3, -0.25) is 4.98 Å². The van der Waals surface area contributed by atoms with Gasteiger partial charge in [-0.25, -0.2) is 0 Å².